The molecule has 0 spiro atoms. The van der Waals surface area contributed by atoms with Gasteiger partial charge in [0, 0.05) is 6.42 Å². The number of rotatable bonds is 1. The summed E-state index contributed by atoms with van der Waals surface area (Å²) >= 11 is 0. The summed E-state index contributed by atoms with van der Waals surface area (Å²) in [5.41, 5.74) is 0. The number of quaternary nitrogens is 1. The molecule has 3 nitrogen and oxygen atoms in total. The van der Waals surface area contributed by atoms with Crippen molar-refractivity contribution in [2.24, 2.45) is 0 Å². The van der Waals surface area contributed by atoms with E-state index in [1.54, 1.807) is 0 Å². The summed E-state index contributed by atoms with van der Waals surface area (Å²) in [5.74, 6) is 0.776. The van der Waals surface area contributed by atoms with Gasteiger partial charge in [0.25, 0.3) is 0 Å². The smallest absolute Gasteiger partial charge is 0.156 e. The van der Waals surface area contributed by atoms with Gasteiger partial charge >= 0.3 is 0 Å². The van der Waals surface area contributed by atoms with Gasteiger partial charge in [0.05, 0.1) is 19.8 Å². The molecule has 1 rings (SSSR count). The van der Waals surface area contributed by atoms with E-state index in [2.05, 4.69) is 0 Å². The third-order valence-electron chi connectivity index (χ3n) is 2.05. The predicted octanol–water partition coefficient (Wildman–Crippen LogP) is -1.68. The summed E-state index contributed by atoms with van der Waals surface area (Å²) in [5, 5.41) is 0. The van der Waals surface area contributed by atoms with Gasteiger partial charge in [-0.25, -0.2) is 8.42 Å². The Balaban J connectivity index is 2.60. The summed E-state index contributed by atoms with van der Waals surface area (Å²) in [7, 11) is 1.35. The summed E-state index contributed by atoms with van der Waals surface area (Å²) in [4.78, 5) is 1.25. The van der Waals surface area contributed by atoms with E-state index in [0.29, 0.717) is 17.5 Å². The molecule has 0 aliphatic carbocycles. The fourth-order valence-corrected chi connectivity index (χ4v) is 3.17. The number of sulfone groups is 1. The van der Waals surface area contributed by atoms with Crippen LogP contribution in [0.3, 0.4) is 0 Å². The zero-order chi connectivity index (χ0) is 7.78. The highest BCUT2D eigenvalue weighted by atomic mass is 32.2. The van der Waals surface area contributed by atoms with Crippen molar-refractivity contribution in [1.29, 1.82) is 0 Å². The van der Waals surface area contributed by atoms with E-state index in [0.717, 1.165) is 6.42 Å². The lowest BCUT2D eigenvalue weighted by Crippen LogP contribution is -3.10. The number of nitrogens with one attached hydrogen (secondary N) is 1. The number of hydrogen-bond donors (Lipinski definition) is 1. The molecule has 10 heavy (non-hydrogen) atoms. The van der Waals surface area contributed by atoms with Crippen LogP contribution in [0.5, 0.6) is 0 Å². The van der Waals surface area contributed by atoms with Crippen LogP contribution >= 0.6 is 0 Å². The van der Waals surface area contributed by atoms with Crippen LogP contribution in [0.1, 0.15) is 6.42 Å². The molecule has 1 fully saturated rings. The molecule has 1 aliphatic heterocycles. The minimum atomic E-state index is -2.66. The second kappa shape index (κ2) is 2.51. The molecular formula is C6H14NO2S+. The third kappa shape index (κ3) is 1.70. The second-order valence-electron chi connectivity index (χ2n) is 3.18. The molecule has 4 heteroatoms. The van der Waals surface area contributed by atoms with Gasteiger partial charge in [0.15, 0.2) is 9.84 Å². The third-order valence-corrected chi connectivity index (χ3v) is 3.82. The Morgan fingerprint density at radius 3 is 2.20 bits per heavy atom. The standard InChI is InChI=1S/C6H13NO2S/c1-7(2)6-3-4-10(8,9)5-6/h6H,3-5H2,1-2H3/p+1. The Labute approximate surface area is 61.9 Å². The molecule has 1 saturated heterocycles. The van der Waals surface area contributed by atoms with Crippen molar-refractivity contribution in [2.45, 2.75) is 12.5 Å². The maximum absolute atomic E-state index is 10.9. The van der Waals surface area contributed by atoms with E-state index in [1.807, 2.05) is 14.1 Å². The van der Waals surface area contributed by atoms with Crippen molar-refractivity contribution >= 4 is 9.84 Å². The Hall–Kier alpha value is -0.0900. The topological polar surface area (TPSA) is 38.6 Å². The second-order valence-corrected chi connectivity index (χ2v) is 5.41. The fraction of sp³-hybridized carbons (Fsp3) is 1.00. The van der Waals surface area contributed by atoms with Crippen molar-refractivity contribution in [3.63, 3.8) is 0 Å². The maximum atomic E-state index is 10.9. The van der Waals surface area contributed by atoms with Crippen molar-refractivity contribution in [1.82, 2.24) is 0 Å². The zero-order valence-electron chi connectivity index (χ0n) is 6.42. The minimum absolute atomic E-state index is 0.338. The molecular weight excluding hydrogens is 150 g/mol. The molecule has 0 radical (unpaired) electrons. The van der Waals surface area contributed by atoms with E-state index < -0.39 is 9.84 Å². The SMILES string of the molecule is C[NH+](C)C1CCS(=O)(=O)C1. The van der Waals surface area contributed by atoms with Gasteiger partial charge in [0.1, 0.15) is 11.8 Å². The molecule has 0 bridgehead atoms. The van der Waals surface area contributed by atoms with Crippen molar-refractivity contribution in [3.8, 4) is 0 Å². The zero-order valence-corrected chi connectivity index (χ0v) is 7.24. The summed E-state index contributed by atoms with van der Waals surface area (Å²) in [6.07, 6.45) is 0.838. The Morgan fingerprint density at radius 2 is 2.00 bits per heavy atom. The molecule has 0 aromatic carbocycles. The van der Waals surface area contributed by atoms with Crippen molar-refractivity contribution in [2.75, 3.05) is 25.6 Å². The lowest BCUT2D eigenvalue weighted by Gasteiger charge is -2.12. The summed E-state index contributed by atoms with van der Waals surface area (Å²) < 4.78 is 21.9. The minimum Gasteiger partial charge on any atom is -0.337 e. The maximum Gasteiger partial charge on any atom is 0.156 e. The molecule has 0 aromatic heterocycles. The molecule has 60 valence electrons. The van der Waals surface area contributed by atoms with Crippen LogP contribution in [0.2, 0.25) is 0 Å². The molecule has 0 amide bonds. The molecule has 1 aliphatic rings. The van der Waals surface area contributed by atoms with Gasteiger partial charge < -0.3 is 4.90 Å². The first-order valence-corrected chi connectivity index (χ1v) is 5.34. The molecule has 0 saturated carbocycles. The highest BCUT2D eigenvalue weighted by Crippen LogP contribution is 2.07. The molecule has 1 N–H and O–H groups in total. The normalized spacial score (nSPS) is 31.3. The van der Waals surface area contributed by atoms with Crippen LogP contribution in [0.4, 0.5) is 0 Å². The average Bonchev–Trinajstić information content (AvgIpc) is 2.10. The van der Waals surface area contributed by atoms with Crippen LogP contribution in [-0.4, -0.2) is 40.1 Å². The Bertz CT molecular complexity index is 208. The predicted molar refractivity (Wildman–Crippen MR) is 39.9 cm³/mol. The van der Waals surface area contributed by atoms with Gasteiger partial charge in [-0.1, -0.05) is 0 Å². The van der Waals surface area contributed by atoms with Gasteiger partial charge in [0.2, 0.25) is 0 Å². The highest BCUT2D eigenvalue weighted by molar-refractivity contribution is 7.91. The summed E-state index contributed by atoms with van der Waals surface area (Å²) in [6, 6.07) is 0.338. The summed E-state index contributed by atoms with van der Waals surface area (Å²) in [6.45, 7) is 0. The van der Waals surface area contributed by atoms with E-state index in [-0.39, 0.29) is 0 Å². The lowest BCUT2D eigenvalue weighted by molar-refractivity contribution is -0.882. The monoisotopic (exact) mass is 164 g/mol. The quantitative estimate of drug-likeness (QED) is 0.502. The Morgan fingerprint density at radius 1 is 1.40 bits per heavy atom. The van der Waals surface area contributed by atoms with Gasteiger partial charge in [-0.3, -0.25) is 0 Å². The van der Waals surface area contributed by atoms with Crippen molar-refractivity contribution in [3.05, 3.63) is 0 Å². The molecule has 0 aromatic rings. The first kappa shape index (κ1) is 8.01. The van der Waals surface area contributed by atoms with Crippen LogP contribution in [-0.2, 0) is 9.84 Å². The van der Waals surface area contributed by atoms with E-state index in [9.17, 15) is 8.42 Å². The first-order valence-electron chi connectivity index (χ1n) is 3.52. The molecule has 1 unspecified atom stereocenters. The Kier molecular flexibility index (Phi) is 2.01. The van der Waals surface area contributed by atoms with Crippen LogP contribution < -0.4 is 4.90 Å². The molecule has 1 heterocycles. The highest BCUT2D eigenvalue weighted by Gasteiger charge is 2.31. The number of hydrogen-bond acceptors (Lipinski definition) is 2. The van der Waals surface area contributed by atoms with Crippen LogP contribution in [0.25, 0.3) is 0 Å². The van der Waals surface area contributed by atoms with Gasteiger partial charge in [-0.2, -0.15) is 0 Å². The van der Waals surface area contributed by atoms with E-state index >= 15 is 0 Å². The first-order chi connectivity index (χ1) is 4.51. The largest absolute Gasteiger partial charge is 0.337 e. The lowest BCUT2D eigenvalue weighted by atomic mass is 10.2. The van der Waals surface area contributed by atoms with Gasteiger partial charge in [-0.05, 0) is 0 Å². The average molecular weight is 164 g/mol. The van der Waals surface area contributed by atoms with Crippen LogP contribution in [0.15, 0.2) is 0 Å². The molecule has 1 atom stereocenters. The van der Waals surface area contributed by atoms with Gasteiger partial charge in [-0.15, -0.1) is 0 Å². The van der Waals surface area contributed by atoms with Crippen molar-refractivity contribution < 1.29 is 13.3 Å². The van der Waals surface area contributed by atoms with E-state index in [1.165, 1.54) is 4.90 Å². The van der Waals surface area contributed by atoms with E-state index in [4.69, 9.17) is 0 Å². The van der Waals surface area contributed by atoms with Crippen LogP contribution in [0, 0.1) is 0 Å². The fourth-order valence-electron chi connectivity index (χ4n) is 1.25.